The van der Waals surface area contributed by atoms with Gasteiger partial charge in [0.2, 0.25) is 5.95 Å². The van der Waals surface area contributed by atoms with Gasteiger partial charge in [0.1, 0.15) is 12.1 Å². The van der Waals surface area contributed by atoms with Gasteiger partial charge < -0.3 is 10.2 Å². The lowest BCUT2D eigenvalue weighted by molar-refractivity contribution is 0.167. The van der Waals surface area contributed by atoms with E-state index in [-0.39, 0.29) is 0 Å². The average molecular weight is 326 g/mol. The highest BCUT2D eigenvalue weighted by molar-refractivity contribution is 5.46. The second-order valence-corrected chi connectivity index (χ2v) is 6.93. The zero-order valence-electron chi connectivity index (χ0n) is 14.5. The van der Waals surface area contributed by atoms with E-state index in [1.165, 1.54) is 32.5 Å². The molecule has 1 aliphatic heterocycles. The summed E-state index contributed by atoms with van der Waals surface area (Å²) in [5.74, 6) is 2.77. The highest BCUT2D eigenvalue weighted by Crippen LogP contribution is 2.22. The molecule has 2 aromatic rings. The number of nitrogens with zero attached hydrogens (tertiary/aromatic N) is 5. The van der Waals surface area contributed by atoms with Gasteiger partial charge in [-0.1, -0.05) is 13.8 Å². The van der Waals surface area contributed by atoms with Gasteiger partial charge in [0.05, 0.1) is 0 Å². The van der Waals surface area contributed by atoms with Crippen molar-refractivity contribution in [1.82, 2.24) is 24.8 Å². The van der Waals surface area contributed by atoms with Crippen molar-refractivity contribution in [2.45, 2.75) is 33.1 Å². The Morgan fingerprint density at radius 2 is 1.88 bits per heavy atom. The minimum Gasteiger partial charge on any atom is -0.309 e. The summed E-state index contributed by atoms with van der Waals surface area (Å²) < 4.78 is 0. The molecule has 2 aromatic heterocycles. The molecule has 0 unspecified atom stereocenters. The van der Waals surface area contributed by atoms with Crippen LogP contribution in [-0.4, -0.2) is 44.5 Å². The molecule has 1 saturated heterocycles. The van der Waals surface area contributed by atoms with E-state index in [0.29, 0.717) is 11.9 Å². The lowest BCUT2D eigenvalue weighted by atomic mass is 9.91. The van der Waals surface area contributed by atoms with Gasteiger partial charge in [-0.15, -0.1) is 0 Å². The highest BCUT2D eigenvalue weighted by atomic mass is 15.1. The zero-order chi connectivity index (χ0) is 16.8. The summed E-state index contributed by atoms with van der Waals surface area (Å²) in [4.78, 5) is 19.6. The smallest absolute Gasteiger partial charge is 0.228 e. The molecule has 0 aromatic carbocycles. The van der Waals surface area contributed by atoms with Crippen molar-refractivity contribution in [2.24, 2.45) is 11.8 Å². The standard InChI is InChI=1S/C18H26N6/c1-14(2)12-24-8-4-15(5-9-24)10-16-11-17(22-13-21-16)23-18-19-6-3-7-20-18/h3,6-7,11,13-15H,4-5,8-10,12H2,1-2H3,(H,19,20,21,22,23). The molecular weight excluding hydrogens is 300 g/mol. The number of hydrogen-bond acceptors (Lipinski definition) is 6. The maximum Gasteiger partial charge on any atom is 0.228 e. The molecule has 1 fully saturated rings. The first kappa shape index (κ1) is 16.8. The Kier molecular flexibility index (Phi) is 5.69. The Balaban J connectivity index is 1.54. The molecule has 3 rings (SSSR count). The Bertz CT molecular complexity index is 622. The van der Waals surface area contributed by atoms with Crippen LogP contribution in [0.5, 0.6) is 0 Å². The normalized spacial score (nSPS) is 16.5. The third-order valence-corrected chi connectivity index (χ3v) is 4.36. The summed E-state index contributed by atoms with van der Waals surface area (Å²) in [6, 6.07) is 3.80. The molecule has 24 heavy (non-hydrogen) atoms. The molecule has 0 saturated carbocycles. The van der Waals surface area contributed by atoms with Crippen LogP contribution < -0.4 is 5.32 Å². The van der Waals surface area contributed by atoms with E-state index in [0.717, 1.165) is 23.9 Å². The summed E-state index contributed by atoms with van der Waals surface area (Å²) in [5.41, 5.74) is 1.09. The van der Waals surface area contributed by atoms with Crippen molar-refractivity contribution in [2.75, 3.05) is 25.0 Å². The van der Waals surface area contributed by atoms with E-state index in [4.69, 9.17) is 0 Å². The van der Waals surface area contributed by atoms with Crippen LogP contribution in [-0.2, 0) is 6.42 Å². The third-order valence-electron chi connectivity index (χ3n) is 4.36. The van der Waals surface area contributed by atoms with Gasteiger partial charge in [0.15, 0.2) is 0 Å². The predicted molar refractivity (Wildman–Crippen MR) is 95.1 cm³/mol. The van der Waals surface area contributed by atoms with Gasteiger partial charge in [-0.3, -0.25) is 0 Å². The van der Waals surface area contributed by atoms with Gasteiger partial charge in [-0.25, -0.2) is 19.9 Å². The van der Waals surface area contributed by atoms with Gasteiger partial charge >= 0.3 is 0 Å². The van der Waals surface area contributed by atoms with Crippen molar-refractivity contribution in [3.63, 3.8) is 0 Å². The van der Waals surface area contributed by atoms with Crippen LogP contribution in [0.1, 0.15) is 32.4 Å². The molecule has 128 valence electrons. The molecule has 6 heteroatoms. The average Bonchev–Trinajstić information content (AvgIpc) is 2.57. The minimum atomic E-state index is 0.559. The monoisotopic (exact) mass is 326 g/mol. The molecular formula is C18H26N6. The molecule has 0 atom stereocenters. The topological polar surface area (TPSA) is 66.8 Å². The number of hydrogen-bond donors (Lipinski definition) is 1. The van der Waals surface area contributed by atoms with Crippen molar-refractivity contribution in [3.8, 4) is 0 Å². The van der Waals surface area contributed by atoms with E-state index in [2.05, 4.69) is 44.0 Å². The molecule has 0 spiro atoms. The Hall–Kier alpha value is -2.08. The number of likely N-dealkylation sites (tertiary alicyclic amines) is 1. The van der Waals surface area contributed by atoms with Crippen LogP contribution in [0, 0.1) is 11.8 Å². The molecule has 3 heterocycles. The summed E-state index contributed by atoms with van der Waals surface area (Å²) in [5, 5.41) is 3.13. The van der Waals surface area contributed by atoms with Crippen LogP contribution in [0.25, 0.3) is 0 Å². The summed E-state index contributed by atoms with van der Waals surface area (Å²) >= 11 is 0. The molecule has 6 nitrogen and oxygen atoms in total. The molecule has 1 N–H and O–H groups in total. The fourth-order valence-electron chi connectivity index (χ4n) is 3.24. The molecule has 0 radical (unpaired) electrons. The van der Waals surface area contributed by atoms with Gasteiger partial charge in [-0.2, -0.15) is 0 Å². The summed E-state index contributed by atoms with van der Waals surface area (Å²) in [6.45, 7) is 8.20. The number of nitrogens with one attached hydrogen (secondary N) is 1. The third kappa shape index (κ3) is 4.96. The lowest BCUT2D eigenvalue weighted by Crippen LogP contribution is -2.36. The van der Waals surface area contributed by atoms with Crippen LogP contribution >= 0.6 is 0 Å². The first-order valence-corrected chi connectivity index (χ1v) is 8.76. The second kappa shape index (κ2) is 8.15. The van der Waals surface area contributed by atoms with E-state index < -0.39 is 0 Å². The van der Waals surface area contributed by atoms with Crippen LogP contribution in [0.4, 0.5) is 11.8 Å². The second-order valence-electron chi connectivity index (χ2n) is 6.93. The fourth-order valence-corrected chi connectivity index (χ4v) is 3.24. The molecule has 0 aliphatic carbocycles. The highest BCUT2D eigenvalue weighted by Gasteiger charge is 2.20. The van der Waals surface area contributed by atoms with Crippen molar-refractivity contribution in [1.29, 1.82) is 0 Å². The van der Waals surface area contributed by atoms with E-state index >= 15 is 0 Å². The summed E-state index contributed by atoms with van der Waals surface area (Å²) in [7, 11) is 0. The van der Waals surface area contributed by atoms with Gasteiger partial charge in [0, 0.05) is 30.7 Å². The fraction of sp³-hybridized carbons (Fsp3) is 0.556. The zero-order valence-corrected chi connectivity index (χ0v) is 14.5. The minimum absolute atomic E-state index is 0.559. The summed E-state index contributed by atoms with van der Waals surface area (Å²) in [6.07, 6.45) is 8.56. The van der Waals surface area contributed by atoms with Gasteiger partial charge in [-0.05, 0) is 50.3 Å². The SMILES string of the molecule is CC(C)CN1CCC(Cc2cc(Nc3ncccn3)ncn2)CC1. The van der Waals surface area contributed by atoms with E-state index in [9.17, 15) is 0 Å². The Morgan fingerprint density at radius 3 is 2.58 bits per heavy atom. The van der Waals surface area contributed by atoms with Crippen molar-refractivity contribution in [3.05, 3.63) is 36.5 Å². The molecule has 0 bridgehead atoms. The number of rotatable bonds is 6. The number of aromatic nitrogens is 4. The van der Waals surface area contributed by atoms with E-state index in [1.54, 1.807) is 24.8 Å². The molecule has 1 aliphatic rings. The van der Waals surface area contributed by atoms with E-state index in [1.807, 2.05) is 6.07 Å². The largest absolute Gasteiger partial charge is 0.309 e. The number of anilines is 2. The quantitative estimate of drug-likeness (QED) is 0.880. The Labute approximate surface area is 143 Å². The first-order valence-electron chi connectivity index (χ1n) is 8.76. The number of piperidine rings is 1. The van der Waals surface area contributed by atoms with Crippen LogP contribution in [0.2, 0.25) is 0 Å². The van der Waals surface area contributed by atoms with Crippen molar-refractivity contribution >= 4 is 11.8 Å². The maximum atomic E-state index is 4.44. The Morgan fingerprint density at radius 1 is 1.12 bits per heavy atom. The molecule has 0 amide bonds. The van der Waals surface area contributed by atoms with Crippen LogP contribution in [0.15, 0.2) is 30.9 Å². The lowest BCUT2D eigenvalue weighted by Gasteiger charge is -2.32. The van der Waals surface area contributed by atoms with Gasteiger partial charge in [0.25, 0.3) is 0 Å². The maximum absolute atomic E-state index is 4.44. The van der Waals surface area contributed by atoms with Crippen LogP contribution in [0.3, 0.4) is 0 Å². The van der Waals surface area contributed by atoms with Crippen molar-refractivity contribution < 1.29 is 0 Å². The first-order chi connectivity index (χ1) is 11.7. The predicted octanol–water partition coefficient (Wildman–Crippen LogP) is 2.92.